The largest absolute Gasteiger partial charge is 0.678 e. The SMILES string of the molecule is O=C(COc1ccc(/C=C/C2=NC(=C\c3ccc(-c4cccs4)n3B(F)F)/C=C2)cc1)NCCCCCNc1ncnc2c1ncn2[C@@H]1O[C@H](C(=O)O)[C@@H](O)[C@H]1O. The van der Waals surface area contributed by atoms with Crippen LogP contribution < -0.4 is 15.4 Å². The van der Waals surface area contributed by atoms with Crippen molar-refractivity contribution < 1.29 is 43.0 Å². The lowest BCUT2D eigenvalue weighted by Crippen LogP contribution is -2.35. The maximum atomic E-state index is 13.9. The number of aliphatic hydroxyl groups is 2. The number of carboxylic acids is 1. The number of nitrogens with zero attached hydrogens (tertiary/aromatic N) is 6. The molecule has 19 heteroatoms. The number of carbonyl (C=O) groups excluding carboxylic acids is 1. The number of thiophene rings is 1. The van der Waals surface area contributed by atoms with Crippen molar-refractivity contribution in [2.45, 2.75) is 43.8 Å². The van der Waals surface area contributed by atoms with Gasteiger partial charge in [0.15, 0.2) is 35.9 Å². The van der Waals surface area contributed by atoms with Crippen LogP contribution in [0.25, 0.3) is 33.9 Å². The van der Waals surface area contributed by atoms with E-state index in [9.17, 15) is 33.5 Å². The summed E-state index contributed by atoms with van der Waals surface area (Å²) in [6.45, 7) is 0.903. The van der Waals surface area contributed by atoms with Crippen molar-refractivity contribution in [3.8, 4) is 16.3 Å². The topological polar surface area (TPSA) is 198 Å². The quantitative estimate of drug-likeness (QED) is 0.0647. The molecule has 1 saturated heterocycles. The Kier molecular flexibility index (Phi) is 12.3. The first-order valence-corrected chi connectivity index (χ1v) is 18.9. The van der Waals surface area contributed by atoms with Gasteiger partial charge >= 0.3 is 13.4 Å². The standard InChI is InChI=1S/C38H37BF2N8O7S/c40-39(41)49-26(12-15-28(49)29-5-4-18-57-29)19-25-11-10-24(47-25)9-6-23-7-13-27(14-8-23)55-20-30(50)42-16-2-1-3-17-43-35-31-36(45-21-44-35)48(22-46-31)37-33(52)32(51)34(56-37)38(53)54/h4-15,18-19,21-22,32-34,37,51-52H,1-3,16-17,20H2,(H,42,50)(H,53,54)(H,43,44,45)/b9-6+,25-19-/t32-,33+,34-,37+/m0/s1. The molecular formula is C38H37BF2N8O7S. The van der Waals surface area contributed by atoms with Crippen molar-refractivity contribution in [1.82, 2.24) is 29.3 Å². The fraction of sp³-hybridized carbons (Fsp3) is 0.263. The molecule has 0 spiro atoms. The van der Waals surface area contributed by atoms with Gasteiger partial charge in [0.25, 0.3) is 5.91 Å². The molecular weight excluding hydrogens is 761 g/mol. The van der Waals surface area contributed by atoms with Gasteiger partial charge in [-0.2, -0.15) is 0 Å². The van der Waals surface area contributed by atoms with Crippen molar-refractivity contribution in [3.63, 3.8) is 0 Å². The van der Waals surface area contributed by atoms with Gasteiger partial charge in [-0.1, -0.05) is 24.3 Å². The number of aromatic nitrogens is 5. The Morgan fingerprint density at radius 2 is 1.81 bits per heavy atom. The molecule has 294 valence electrons. The number of imidazole rings is 1. The second-order valence-corrected chi connectivity index (χ2v) is 14.0. The molecule has 4 atom stereocenters. The van der Waals surface area contributed by atoms with E-state index < -0.39 is 37.9 Å². The van der Waals surface area contributed by atoms with Crippen LogP contribution in [0.2, 0.25) is 0 Å². The molecule has 0 unspecified atom stereocenters. The first-order chi connectivity index (χ1) is 27.7. The summed E-state index contributed by atoms with van der Waals surface area (Å²) in [5.74, 6) is -0.641. The molecule has 4 aromatic heterocycles. The van der Waals surface area contributed by atoms with E-state index in [0.29, 0.717) is 58.6 Å². The third kappa shape index (κ3) is 9.18. The molecule has 0 bridgehead atoms. The van der Waals surface area contributed by atoms with Crippen LogP contribution in [-0.4, -0.2) is 102 Å². The number of carbonyl (C=O) groups is 2. The third-order valence-corrected chi connectivity index (χ3v) is 10.1. The Bertz CT molecular complexity index is 2330. The van der Waals surface area contributed by atoms with E-state index in [-0.39, 0.29) is 12.5 Å². The van der Waals surface area contributed by atoms with Crippen LogP contribution in [-0.2, 0) is 14.3 Å². The molecule has 0 radical (unpaired) electrons. The molecule has 1 amide bonds. The summed E-state index contributed by atoms with van der Waals surface area (Å²) in [6.07, 6.45) is 8.05. The minimum Gasteiger partial charge on any atom is -0.484 e. The summed E-state index contributed by atoms with van der Waals surface area (Å²) < 4.78 is 41.3. The summed E-state index contributed by atoms with van der Waals surface area (Å²) in [5, 5.41) is 37.6. The molecule has 6 heterocycles. The lowest BCUT2D eigenvalue weighted by molar-refractivity contribution is -0.155. The predicted octanol–water partition coefficient (Wildman–Crippen LogP) is 4.67. The summed E-state index contributed by atoms with van der Waals surface area (Å²) >= 11 is 1.41. The van der Waals surface area contributed by atoms with Crippen LogP contribution in [0.1, 0.15) is 36.7 Å². The summed E-state index contributed by atoms with van der Waals surface area (Å²) in [5.41, 5.74) is 3.66. The van der Waals surface area contributed by atoms with Gasteiger partial charge in [0.05, 0.1) is 23.4 Å². The van der Waals surface area contributed by atoms with Gasteiger partial charge in [-0.3, -0.25) is 18.0 Å². The van der Waals surface area contributed by atoms with E-state index in [1.165, 1.54) is 28.6 Å². The fourth-order valence-corrected chi connectivity index (χ4v) is 7.07. The highest BCUT2D eigenvalue weighted by Crippen LogP contribution is 2.33. The van der Waals surface area contributed by atoms with Gasteiger partial charge in [0.1, 0.15) is 24.3 Å². The highest BCUT2D eigenvalue weighted by molar-refractivity contribution is 7.13. The second-order valence-electron chi connectivity index (χ2n) is 13.0. The predicted molar refractivity (Wildman–Crippen MR) is 211 cm³/mol. The van der Waals surface area contributed by atoms with Gasteiger partial charge in [-0.15, -0.1) is 11.3 Å². The Morgan fingerprint density at radius 1 is 0.982 bits per heavy atom. The summed E-state index contributed by atoms with van der Waals surface area (Å²) in [4.78, 5) is 41.7. The number of unbranched alkanes of at least 4 members (excludes halogenated alkanes) is 2. The molecule has 1 aromatic carbocycles. The van der Waals surface area contributed by atoms with Crippen LogP contribution in [0.5, 0.6) is 5.75 Å². The molecule has 0 saturated carbocycles. The number of aliphatic imine (C=N–C) groups is 1. The van der Waals surface area contributed by atoms with Crippen LogP contribution in [0, 0.1) is 0 Å². The number of rotatable bonds is 17. The normalized spacial score (nSPS) is 19.8. The smallest absolute Gasteiger partial charge is 0.484 e. The number of benzene rings is 1. The monoisotopic (exact) mass is 798 g/mol. The molecule has 5 N–H and O–H groups in total. The zero-order valence-electron chi connectivity index (χ0n) is 30.2. The number of amides is 1. The summed E-state index contributed by atoms with van der Waals surface area (Å²) in [6, 6.07) is 14.2. The molecule has 7 rings (SSSR count). The van der Waals surface area contributed by atoms with E-state index in [2.05, 4.69) is 30.6 Å². The zero-order chi connectivity index (χ0) is 39.9. The second kappa shape index (κ2) is 17.8. The van der Waals surface area contributed by atoms with E-state index >= 15 is 0 Å². The number of aliphatic hydroxyl groups excluding tert-OH is 2. The average molecular weight is 799 g/mol. The van der Waals surface area contributed by atoms with Crippen LogP contribution in [0.4, 0.5) is 14.4 Å². The number of hydrogen-bond donors (Lipinski definition) is 5. The minimum absolute atomic E-state index is 0.133. The summed E-state index contributed by atoms with van der Waals surface area (Å²) in [7, 11) is -2.69. The van der Waals surface area contributed by atoms with Gasteiger partial charge in [0, 0.05) is 23.7 Å². The van der Waals surface area contributed by atoms with E-state index in [4.69, 9.17) is 9.47 Å². The van der Waals surface area contributed by atoms with Gasteiger partial charge in [-0.05, 0) is 84.8 Å². The highest BCUT2D eigenvalue weighted by atomic mass is 32.1. The van der Waals surface area contributed by atoms with Crippen molar-refractivity contribution in [2.24, 2.45) is 4.99 Å². The van der Waals surface area contributed by atoms with E-state index in [1.807, 2.05) is 47.9 Å². The Hall–Kier alpha value is -6.02. The number of nitrogens with one attached hydrogen (secondary N) is 2. The molecule has 0 aliphatic carbocycles. The molecule has 2 aliphatic heterocycles. The molecule has 1 fully saturated rings. The van der Waals surface area contributed by atoms with Crippen LogP contribution in [0.3, 0.4) is 0 Å². The lowest BCUT2D eigenvalue weighted by Gasteiger charge is -2.16. The Balaban J connectivity index is 0.800. The zero-order valence-corrected chi connectivity index (χ0v) is 31.0. The molecule has 57 heavy (non-hydrogen) atoms. The van der Waals surface area contributed by atoms with Gasteiger partial charge in [-0.25, -0.2) is 24.7 Å². The number of anilines is 1. The first-order valence-electron chi connectivity index (χ1n) is 18.0. The van der Waals surface area contributed by atoms with E-state index in [1.54, 1.807) is 36.4 Å². The average Bonchev–Trinajstić information content (AvgIpc) is 4.06. The van der Waals surface area contributed by atoms with Crippen LogP contribution >= 0.6 is 11.3 Å². The van der Waals surface area contributed by atoms with Crippen molar-refractivity contribution in [1.29, 1.82) is 0 Å². The third-order valence-electron chi connectivity index (χ3n) is 9.18. The molecule has 5 aromatic rings. The maximum absolute atomic E-state index is 13.9. The van der Waals surface area contributed by atoms with Crippen molar-refractivity contribution in [3.05, 3.63) is 102 Å². The number of carboxylic acid groups (broad SMARTS) is 1. The molecule has 2 aliphatic rings. The fourth-order valence-electron chi connectivity index (χ4n) is 6.32. The Morgan fingerprint density at radius 3 is 2.56 bits per heavy atom. The van der Waals surface area contributed by atoms with Crippen molar-refractivity contribution >= 4 is 65.5 Å². The number of hydrogen-bond acceptors (Lipinski definition) is 12. The van der Waals surface area contributed by atoms with E-state index in [0.717, 1.165) is 34.2 Å². The van der Waals surface area contributed by atoms with Gasteiger partial charge in [0.2, 0.25) is 0 Å². The highest BCUT2D eigenvalue weighted by Gasteiger charge is 2.48. The minimum atomic E-state index is -2.69. The van der Waals surface area contributed by atoms with Gasteiger partial charge < -0.3 is 39.9 Å². The number of allylic oxidation sites excluding steroid dienone is 3. The number of fused-ring (bicyclic) bond motifs is 1. The van der Waals surface area contributed by atoms with Crippen LogP contribution in [0.15, 0.2) is 95.5 Å². The maximum Gasteiger partial charge on any atom is 0.678 e. The Labute approximate surface area is 328 Å². The molecule has 15 nitrogen and oxygen atoms in total. The number of ether oxygens (including phenoxy) is 2. The first kappa shape index (κ1) is 39.2. The van der Waals surface area contributed by atoms with Crippen molar-refractivity contribution in [2.75, 3.05) is 25.0 Å². The number of aliphatic carboxylic acids is 1. The number of halogens is 2. The lowest BCUT2D eigenvalue weighted by atomic mass is 10.1.